The van der Waals surface area contributed by atoms with Gasteiger partial charge in [0, 0.05) is 15.6 Å². The van der Waals surface area contributed by atoms with Crippen LogP contribution in [-0.4, -0.2) is 12.6 Å². The van der Waals surface area contributed by atoms with Crippen LogP contribution in [0.15, 0.2) is 81.2 Å². The van der Waals surface area contributed by atoms with Gasteiger partial charge in [0.25, 0.3) is 0 Å². The first kappa shape index (κ1) is 18.3. The van der Waals surface area contributed by atoms with Crippen molar-refractivity contribution in [2.75, 3.05) is 6.61 Å². The average molecular weight is 437 g/mol. The lowest BCUT2D eigenvalue weighted by Crippen LogP contribution is -1.97. The van der Waals surface area contributed by atoms with E-state index in [4.69, 9.17) is 13.9 Å². The molecule has 0 aliphatic carbocycles. The fourth-order valence-corrected chi connectivity index (χ4v) is 3.13. The number of hydrogen-bond donors (Lipinski definition) is 0. The Balaban J connectivity index is 1.56. The summed E-state index contributed by atoms with van der Waals surface area (Å²) in [4.78, 5) is 12.2. The molecule has 28 heavy (non-hydrogen) atoms. The SMILES string of the molecule is CCOc1ccc(C2=C/C(=C/c3ccc(-c4ccc(Br)cc4)o3)C(=O)O2)cc1. The highest BCUT2D eigenvalue weighted by Gasteiger charge is 2.22. The van der Waals surface area contributed by atoms with Crippen molar-refractivity contribution < 1.29 is 18.7 Å². The normalized spacial score (nSPS) is 14.9. The molecule has 1 aliphatic heterocycles. The molecule has 1 aliphatic rings. The van der Waals surface area contributed by atoms with Gasteiger partial charge in [-0.15, -0.1) is 0 Å². The number of carbonyl (C=O) groups is 1. The second-order valence-electron chi connectivity index (χ2n) is 6.16. The van der Waals surface area contributed by atoms with E-state index in [1.807, 2.05) is 67.6 Å². The topological polar surface area (TPSA) is 48.7 Å². The summed E-state index contributed by atoms with van der Waals surface area (Å²) in [5.74, 6) is 2.22. The third-order valence-corrected chi connectivity index (χ3v) is 4.76. The van der Waals surface area contributed by atoms with Gasteiger partial charge in [0.1, 0.15) is 23.0 Å². The maximum atomic E-state index is 12.2. The Bertz CT molecular complexity index is 1060. The second-order valence-corrected chi connectivity index (χ2v) is 7.08. The number of cyclic esters (lactones) is 1. The van der Waals surface area contributed by atoms with Gasteiger partial charge in [-0.3, -0.25) is 0 Å². The van der Waals surface area contributed by atoms with Gasteiger partial charge < -0.3 is 13.9 Å². The molecule has 0 amide bonds. The smallest absolute Gasteiger partial charge is 0.343 e. The van der Waals surface area contributed by atoms with Crippen LogP contribution in [-0.2, 0) is 9.53 Å². The van der Waals surface area contributed by atoms with Crippen LogP contribution in [0.2, 0.25) is 0 Å². The number of furan rings is 1. The monoisotopic (exact) mass is 436 g/mol. The lowest BCUT2D eigenvalue weighted by molar-refractivity contribution is -0.130. The van der Waals surface area contributed by atoms with E-state index in [0.717, 1.165) is 27.1 Å². The summed E-state index contributed by atoms with van der Waals surface area (Å²) in [7, 11) is 0. The summed E-state index contributed by atoms with van der Waals surface area (Å²) in [5.41, 5.74) is 2.23. The average Bonchev–Trinajstić information content (AvgIpc) is 3.31. The molecular formula is C23H17BrO4. The zero-order chi connectivity index (χ0) is 19.5. The van der Waals surface area contributed by atoms with Gasteiger partial charge in [0.15, 0.2) is 0 Å². The van der Waals surface area contributed by atoms with Crippen molar-refractivity contribution in [2.24, 2.45) is 0 Å². The van der Waals surface area contributed by atoms with Crippen molar-refractivity contribution in [1.29, 1.82) is 0 Å². The van der Waals surface area contributed by atoms with Crippen LogP contribution in [0.25, 0.3) is 23.2 Å². The third-order valence-electron chi connectivity index (χ3n) is 4.23. The molecule has 0 saturated heterocycles. The zero-order valence-electron chi connectivity index (χ0n) is 15.1. The van der Waals surface area contributed by atoms with Crippen LogP contribution < -0.4 is 4.74 Å². The van der Waals surface area contributed by atoms with Crippen molar-refractivity contribution in [3.63, 3.8) is 0 Å². The van der Waals surface area contributed by atoms with E-state index >= 15 is 0 Å². The first-order valence-electron chi connectivity index (χ1n) is 8.87. The van der Waals surface area contributed by atoms with Crippen molar-refractivity contribution in [1.82, 2.24) is 0 Å². The van der Waals surface area contributed by atoms with Crippen molar-refractivity contribution >= 4 is 33.7 Å². The Morgan fingerprint density at radius 1 is 0.964 bits per heavy atom. The molecule has 0 N–H and O–H groups in total. The molecule has 0 bridgehead atoms. The Morgan fingerprint density at radius 3 is 2.39 bits per heavy atom. The lowest BCUT2D eigenvalue weighted by atomic mass is 10.1. The molecule has 4 rings (SSSR count). The van der Waals surface area contributed by atoms with Crippen molar-refractivity contribution in [3.05, 3.63) is 88.1 Å². The Kier molecular flexibility index (Phi) is 5.17. The fourth-order valence-electron chi connectivity index (χ4n) is 2.87. The zero-order valence-corrected chi connectivity index (χ0v) is 16.7. The van der Waals surface area contributed by atoms with E-state index < -0.39 is 5.97 Å². The van der Waals surface area contributed by atoms with E-state index in [1.165, 1.54) is 0 Å². The van der Waals surface area contributed by atoms with E-state index in [0.29, 0.717) is 23.7 Å². The molecule has 2 heterocycles. The van der Waals surface area contributed by atoms with Crippen LogP contribution in [0, 0.1) is 0 Å². The van der Waals surface area contributed by atoms with E-state index in [1.54, 1.807) is 12.2 Å². The summed E-state index contributed by atoms with van der Waals surface area (Å²) in [5, 5.41) is 0. The second kappa shape index (κ2) is 7.90. The molecule has 0 spiro atoms. The quantitative estimate of drug-likeness (QED) is 0.358. The maximum Gasteiger partial charge on any atom is 0.343 e. The van der Waals surface area contributed by atoms with Gasteiger partial charge in [0.05, 0.1) is 12.2 Å². The first-order valence-corrected chi connectivity index (χ1v) is 9.66. The fraction of sp³-hybridized carbons (Fsp3) is 0.0870. The van der Waals surface area contributed by atoms with Crippen molar-refractivity contribution in [2.45, 2.75) is 6.92 Å². The third kappa shape index (κ3) is 3.94. The summed E-state index contributed by atoms with van der Waals surface area (Å²) in [6, 6.07) is 19.0. The molecule has 4 nitrogen and oxygen atoms in total. The Hall–Kier alpha value is -3.05. The number of halogens is 1. The van der Waals surface area contributed by atoms with Crippen molar-refractivity contribution in [3.8, 4) is 17.1 Å². The number of carbonyl (C=O) groups excluding carboxylic acids is 1. The van der Waals surface area contributed by atoms with Crippen LogP contribution in [0.1, 0.15) is 18.2 Å². The summed E-state index contributed by atoms with van der Waals surface area (Å²) in [6.45, 7) is 2.54. The van der Waals surface area contributed by atoms with E-state index in [-0.39, 0.29) is 0 Å². The summed E-state index contributed by atoms with van der Waals surface area (Å²) in [6.07, 6.45) is 3.41. The number of esters is 1. The molecule has 2 aromatic carbocycles. The van der Waals surface area contributed by atoms with Crippen LogP contribution >= 0.6 is 15.9 Å². The maximum absolute atomic E-state index is 12.2. The molecule has 0 atom stereocenters. The molecule has 140 valence electrons. The predicted octanol–water partition coefficient (Wildman–Crippen LogP) is 6.09. The van der Waals surface area contributed by atoms with Crippen LogP contribution in [0.5, 0.6) is 5.75 Å². The minimum atomic E-state index is -0.398. The highest BCUT2D eigenvalue weighted by atomic mass is 79.9. The van der Waals surface area contributed by atoms with Gasteiger partial charge in [0.2, 0.25) is 0 Å². The first-order chi connectivity index (χ1) is 13.6. The van der Waals surface area contributed by atoms with Gasteiger partial charge in [-0.25, -0.2) is 4.79 Å². The van der Waals surface area contributed by atoms with Crippen LogP contribution in [0.3, 0.4) is 0 Å². The highest BCUT2D eigenvalue weighted by Crippen LogP contribution is 2.30. The largest absolute Gasteiger partial charge is 0.494 e. The highest BCUT2D eigenvalue weighted by molar-refractivity contribution is 9.10. The molecule has 0 fully saturated rings. The van der Waals surface area contributed by atoms with Gasteiger partial charge in [-0.05, 0) is 67.6 Å². The molecule has 0 radical (unpaired) electrons. The molecule has 0 saturated carbocycles. The number of ether oxygens (including phenoxy) is 2. The molecule has 0 unspecified atom stereocenters. The summed E-state index contributed by atoms with van der Waals surface area (Å²) >= 11 is 3.42. The Labute approximate surface area is 171 Å². The van der Waals surface area contributed by atoms with Gasteiger partial charge in [-0.1, -0.05) is 28.1 Å². The lowest BCUT2D eigenvalue weighted by Gasteiger charge is -2.05. The van der Waals surface area contributed by atoms with Crippen LogP contribution in [0.4, 0.5) is 0 Å². The minimum absolute atomic E-state index is 0.398. The minimum Gasteiger partial charge on any atom is -0.494 e. The number of benzene rings is 2. The standard InChI is InChI=1S/C23H17BrO4/c1-2-26-19-9-5-16(6-10-19)22-14-17(23(25)28-22)13-20-11-12-21(27-20)15-3-7-18(24)8-4-15/h3-14H,2H2,1H3/b17-13-. The predicted molar refractivity (Wildman–Crippen MR) is 112 cm³/mol. The molecule has 1 aromatic heterocycles. The molecule has 5 heteroatoms. The van der Waals surface area contributed by atoms with E-state index in [2.05, 4.69) is 15.9 Å². The van der Waals surface area contributed by atoms with Gasteiger partial charge >= 0.3 is 5.97 Å². The van der Waals surface area contributed by atoms with E-state index in [9.17, 15) is 4.79 Å². The molecular weight excluding hydrogens is 420 g/mol. The molecule has 3 aromatic rings. The number of hydrogen-bond acceptors (Lipinski definition) is 4. The van der Waals surface area contributed by atoms with Gasteiger partial charge in [-0.2, -0.15) is 0 Å². The number of rotatable bonds is 5. The Morgan fingerprint density at radius 2 is 1.68 bits per heavy atom. The summed E-state index contributed by atoms with van der Waals surface area (Å²) < 4.78 is 17.7.